The highest BCUT2D eigenvalue weighted by atomic mass is 16.2. The van der Waals surface area contributed by atoms with E-state index < -0.39 is 0 Å². The minimum atomic E-state index is 0.308. The van der Waals surface area contributed by atoms with E-state index >= 15 is 0 Å². The van der Waals surface area contributed by atoms with Crippen LogP contribution in [-0.4, -0.2) is 23.4 Å². The summed E-state index contributed by atoms with van der Waals surface area (Å²) in [5, 5.41) is 0. The van der Waals surface area contributed by atoms with Gasteiger partial charge in [-0.1, -0.05) is 56.5 Å². The van der Waals surface area contributed by atoms with Crippen molar-refractivity contribution in [3.05, 3.63) is 35.9 Å². The lowest BCUT2D eigenvalue weighted by molar-refractivity contribution is -0.137. The van der Waals surface area contributed by atoms with Gasteiger partial charge in [0.1, 0.15) is 0 Å². The van der Waals surface area contributed by atoms with Crippen molar-refractivity contribution in [2.75, 3.05) is 6.54 Å². The Labute approximate surface area is 134 Å². The summed E-state index contributed by atoms with van der Waals surface area (Å²) in [4.78, 5) is 15.2. The van der Waals surface area contributed by atoms with Gasteiger partial charge >= 0.3 is 0 Å². The van der Waals surface area contributed by atoms with Crippen molar-refractivity contribution >= 4 is 5.91 Å². The van der Waals surface area contributed by atoms with Gasteiger partial charge in [0.15, 0.2) is 0 Å². The zero-order chi connectivity index (χ0) is 15.4. The van der Waals surface area contributed by atoms with Crippen LogP contribution < -0.4 is 0 Å². The minimum absolute atomic E-state index is 0.308. The maximum Gasteiger partial charge on any atom is 0.225 e. The van der Waals surface area contributed by atoms with Crippen molar-refractivity contribution in [1.29, 1.82) is 0 Å². The average molecular weight is 299 g/mol. The molecule has 3 rings (SSSR count). The van der Waals surface area contributed by atoms with Crippen LogP contribution in [-0.2, 0) is 4.79 Å². The number of carbonyl (C=O) groups excluding carboxylic acids is 1. The number of hydrogen-bond acceptors (Lipinski definition) is 1. The lowest BCUT2D eigenvalue weighted by atomic mass is 9.85. The van der Waals surface area contributed by atoms with Crippen molar-refractivity contribution in [2.24, 2.45) is 5.92 Å². The minimum Gasteiger partial charge on any atom is -0.339 e. The van der Waals surface area contributed by atoms with Gasteiger partial charge in [0.05, 0.1) is 0 Å². The molecule has 1 amide bonds. The van der Waals surface area contributed by atoms with Crippen molar-refractivity contribution in [3.63, 3.8) is 0 Å². The van der Waals surface area contributed by atoms with E-state index in [1.165, 1.54) is 37.7 Å². The molecule has 1 saturated carbocycles. The quantitative estimate of drug-likeness (QED) is 0.785. The van der Waals surface area contributed by atoms with Crippen LogP contribution in [0.3, 0.4) is 0 Å². The van der Waals surface area contributed by atoms with Gasteiger partial charge in [0, 0.05) is 24.4 Å². The van der Waals surface area contributed by atoms with Crippen LogP contribution in [0.2, 0.25) is 0 Å². The van der Waals surface area contributed by atoms with Gasteiger partial charge in [0.25, 0.3) is 0 Å². The van der Waals surface area contributed by atoms with E-state index in [2.05, 4.69) is 42.2 Å². The monoisotopic (exact) mass is 299 g/mol. The van der Waals surface area contributed by atoms with Crippen LogP contribution in [0, 0.1) is 5.92 Å². The van der Waals surface area contributed by atoms with Crippen LogP contribution in [0.4, 0.5) is 0 Å². The first-order chi connectivity index (χ1) is 10.8. The van der Waals surface area contributed by atoms with Gasteiger partial charge < -0.3 is 4.90 Å². The Hall–Kier alpha value is -1.31. The van der Waals surface area contributed by atoms with Gasteiger partial charge in [0.2, 0.25) is 5.91 Å². The molecule has 2 nitrogen and oxygen atoms in total. The number of likely N-dealkylation sites (tertiary alicyclic amines) is 1. The fraction of sp³-hybridized carbons (Fsp3) is 0.650. The fourth-order valence-electron chi connectivity index (χ4n) is 4.50. The largest absolute Gasteiger partial charge is 0.339 e. The van der Waals surface area contributed by atoms with Gasteiger partial charge in [-0.3, -0.25) is 4.79 Å². The van der Waals surface area contributed by atoms with E-state index in [-0.39, 0.29) is 0 Å². The Morgan fingerprint density at radius 2 is 1.82 bits per heavy atom. The lowest BCUT2D eigenvalue weighted by Gasteiger charge is -2.35. The Kier molecular flexibility index (Phi) is 5.17. The number of rotatable bonds is 4. The number of benzene rings is 1. The predicted molar refractivity (Wildman–Crippen MR) is 90.8 cm³/mol. The Balaban J connectivity index is 1.75. The standard InChI is InChI=1S/C20H29NO/c1-2-18(16-10-5-3-6-11-16)19-14-9-15-21(19)20(22)17-12-7-4-8-13-17/h3,5-6,10-11,17-19H,2,4,7-9,12-15H2,1H3/t18-,19+/m0/s1. The van der Waals surface area contributed by atoms with Gasteiger partial charge in [-0.05, 0) is 37.7 Å². The van der Waals surface area contributed by atoms with Gasteiger partial charge in [-0.2, -0.15) is 0 Å². The fourth-order valence-corrected chi connectivity index (χ4v) is 4.50. The number of amides is 1. The smallest absolute Gasteiger partial charge is 0.225 e. The second kappa shape index (κ2) is 7.30. The molecule has 0 unspecified atom stereocenters. The van der Waals surface area contributed by atoms with E-state index in [0.717, 1.165) is 25.8 Å². The molecule has 2 fully saturated rings. The molecule has 0 bridgehead atoms. The summed E-state index contributed by atoms with van der Waals surface area (Å²) in [6, 6.07) is 11.2. The van der Waals surface area contributed by atoms with Crippen molar-refractivity contribution in [2.45, 2.75) is 70.3 Å². The van der Waals surface area contributed by atoms with Crippen LogP contribution >= 0.6 is 0 Å². The van der Waals surface area contributed by atoms with Crippen LogP contribution in [0.5, 0.6) is 0 Å². The maximum atomic E-state index is 13.0. The third-order valence-corrected chi connectivity index (χ3v) is 5.67. The van der Waals surface area contributed by atoms with E-state index in [0.29, 0.717) is 23.8 Å². The zero-order valence-corrected chi connectivity index (χ0v) is 13.8. The first-order valence-corrected chi connectivity index (χ1v) is 9.16. The summed E-state index contributed by atoms with van der Waals surface area (Å²) in [6.07, 6.45) is 9.49. The molecule has 120 valence electrons. The Morgan fingerprint density at radius 3 is 2.50 bits per heavy atom. The molecule has 1 aromatic carbocycles. The molecule has 1 aromatic rings. The molecule has 0 radical (unpaired) electrons. The second-order valence-electron chi connectivity index (χ2n) is 7.00. The van der Waals surface area contributed by atoms with E-state index in [1.54, 1.807) is 0 Å². The summed E-state index contributed by atoms with van der Waals surface area (Å²) in [5.41, 5.74) is 1.40. The maximum absolute atomic E-state index is 13.0. The highest BCUT2D eigenvalue weighted by Gasteiger charge is 2.37. The number of hydrogen-bond donors (Lipinski definition) is 0. The SMILES string of the molecule is CC[C@@H](c1ccccc1)[C@H]1CCCN1C(=O)C1CCCCC1. The molecule has 1 saturated heterocycles. The third-order valence-electron chi connectivity index (χ3n) is 5.67. The van der Waals surface area contributed by atoms with Crippen LogP contribution in [0.1, 0.15) is 69.8 Å². The zero-order valence-electron chi connectivity index (χ0n) is 13.8. The first-order valence-electron chi connectivity index (χ1n) is 9.16. The summed E-state index contributed by atoms with van der Waals surface area (Å²) < 4.78 is 0. The predicted octanol–water partition coefficient (Wildman–Crippen LogP) is 4.75. The number of carbonyl (C=O) groups is 1. The Bertz CT molecular complexity index is 478. The molecule has 2 heteroatoms. The molecule has 22 heavy (non-hydrogen) atoms. The first kappa shape index (κ1) is 15.6. The average Bonchev–Trinajstić information content (AvgIpc) is 3.06. The highest BCUT2D eigenvalue weighted by Crippen LogP contribution is 2.36. The molecule has 0 N–H and O–H groups in total. The second-order valence-corrected chi connectivity index (χ2v) is 7.00. The summed E-state index contributed by atoms with van der Waals surface area (Å²) in [6.45, 7) is 3.24. The summed E-state index contributed by atoms with van der Waals surface area (Å²) in [5.74, 6) is 1.26. The number of nitrogens with zero attached hydrogens (tertiary/aromatic N) is 1. The van der Waals surface area contributed by atoms with Crippen LogP contribution in [0.25, 0.3) is 0 Å². The van der Waals surface area contributed by atoms with E-state index in [9.17, 15) is 4.79 Å². The lowest BCUT2D eigenvalue weighted by Crippen LogP contribution is -2.42. The normalized spacial score (nSPS) is 24.4. The molecule has 1 heterocycles. The van der Waals surface area contributed by atoms with Crippen molar-refractivity contribution < 1.29 is 4.79 Å². The molecule has 1 aliphatic carbocycles. The molecule has 2 aliphatic rings. The van der Waals surface area contributed by atoms with Gasteiger partial charge in [-0.15, -0.1) is 0 Å². The van der Waals surface area contributed by atoms with Crippen molar-refractivity contribution in [3.8, 4) is 0 Å². The van der Waals surface area contributed by atoms with E-state index in [1.807, 2.05) is 0 Å². The van der Waals surface area contributed by atoms with E-state index in [4.69, 9.17) is 0 Å². The third kappa shape index (κ3) is 3.21. The molecule has 0 spiro atoms. The topological polar surface area (TPSA) is 20.3 Å². The van der Waals surface area contributed by atoms with Crippen molar-refractivity contribution in [1.82, 2.24) is 4.90 Å². The Morgan fingerprint density at radius 1 is 1.09 bits per heavy atom. The van der Waals surface area contributed by atoms with Gasteiger partial charge in [-0.25, -0.2) is 0 Å². The van der Waals surface area contributed by atoms with Crippen LogP contribution in [0.15, 0.2) is 30.3 Å². The molecule has 0 aromatic heterocycles. The summed E-state index contributed by atoms with van der Waals surface area (Å²) >= 11 is 0. The molecule has 1 aliphatic heterocycles. The molecule has 2 atom stereocenters. The summed E-state index contributed by atoms with van der Waals surface area (Å²) in [7, 11) is 0. The highest BCUT2D eigenvalue weighted by molar-refractivity contribution is 5.79. The molecular weight excluding hydrogens is 270 g/mol. The molecular formula is C20H29NO.